The van der Waals surface area contributed by atoms with Crippen LogP contribution in [0.5, 0.6) is 0 Å². The lowest BCUT2D eigenvalue weighted by atomic mass is 9.88. The average Bonchev–Trinajstić information content (AvgIpc) is 2.19. The van der Waals surface area contributed by atoms with E-state index in [4.69, 9.17) is 0 Å². The summed E-state index contributed by atoms with van der Waals surface area (Å²) >= 11 is 0. The Balaban J connectivity index is 2.02. The molecule has 2 heterocycles. The molecule has 0 aliphatic carbocycles. The Morgan fingerprint density at radius 1 is 1.43 bits per heavy atom. The monoisotopic (exact) mass is 193 g/mol. The van der Waals surface area contributed by atoms with E-state index < -0.39 is 5.60 Å². The molecule has 2 rings (SSSR count). The lowest BCUT2D eigenvalue weighted by Gasteiger charge is -2.32. The third-order valence-corrected chi connectivity index (χ3v) is 2.60. The third kappa shape index (κ3) is 2.27. The van der Waals surface area contributed by atoms with Crippen molar-refractivity contribution in [2.24, 2.45) is 0 Å². The van der Waals surface area contributed by atoms with Crippen molar-refractivity contribution in [1.82, 2.24) is 15.3 Å². The van der Waals surface area contributed by atoms with Gasteiger partial charge in [0.2, 0.25) is 0 Å². The van der Waals surface area contributed by atoms with Crippen LogP contribution >= 0.6 is 0 Å². The maximum absolute atomic E-state index is 10.2. The van der Waals surface area contributed by atoms with Crippen LogP contribution in [-0.2, 0) is 6.42 Å². The van der Waals surface area contributed by atoms with Crippen LogP contribution in [0.2, 0.25) is 0 Å². The second kappa shape index (κ2) is 4.02. The molecule has 0 aromatic carbocycles. The van der Waals surface area contributed by atoms with Gasteiger partial charge in [-0.3, -0.25) is 0 Å². The maximum Gasteiger partial charge on any atom is 0.115 e. The molecule has 1 atom stereocenters. The molecule has 1 aromatic heterocycles. The molecule has 1 unspecified atom stereocenters. The van der Waals surface area contributed by atoms with Crippen LogP contribution in [0.4, 0.5) is 0 Å². The van der Waals surface area contributed by atoms with E-state index in [2.05, 4.69) is 15.3 Å². The number of aliphatic hydroxyl groups is 1. The lowest BCUT2D eigenvalue weighted by molar-refractivity contribution is 0.0168. The molecule has 0 radical (unpaired) electrons. The van der Waals surface area contributed by atoms with Gasteiger partial charge in [-0.25, -0.2) is 9.97 Å². The Bertz CT molecular complexity index is 283. The van der Waals surface area contributed by atoms with Gasteiger partial charge in [0.1, 0.15) is 6.33 Å². The Labute approximate surface area is 83.4 Å². The second-order valence-electron chi connectivity index (χ2n) is 3.93. The molecule has 0 spiro atoms. The van der Waals surface area contributed by atoms with Gasteiger partial charge in [-0.2, -0.15) is 0 Å². The lowest BCUT2D eigenvalue weighted by Crippen LogP contribution is -2.47. The molecule has 1 saturated heterocycles. The Morgan fingerprint density at radius 3 is 2.86 bits per heavy atom. The topological polar surface area (TPSA) is 58.0 Å². The first-order valence-electron chi connectivity index (χ1n) is 4.96. The van der Waals surface area contributed by atoms with Crippen molar-refractivity contribution in [3.05, 3.63) is 24.3 Å². The number of rotatable bonds is 2. The van der Waals surface area contributed by atoms with Crippen molar-refractivity contribution in [2.75, 3.05) is 13.1 Å². The van der Waals surface area contributed by atoms with Crippen molar-refractivity contribution in [1.29, 1.82) is 0 Å². The zero-order chi connectivity index (χ0) is 9.86. The summed E-state index contributed by atoms with van der Waals surface area (Å²) in [5.41, 5.74) is 0.391. The molecule has 0 saturated carbocycles. The predicted octanol–water partition coefficient (Wildman–Crippen LogP) is 0.134. The van der Waals surface area contributed by atoms with E-state index in [9.17, 15) is 5.11 Å². The number of hydrogen-bond donors (Lipinski definition) is 2. The van der Waals surface area contributed by atoms with Crippen molar-refractivity contribution in [2.45, 2.75) is 24.9 Å². The van der Waals surface area contributed by atoms with Crippen LogP contribution < -0.4 is 5.32 Å². The van der Waals surface area contributed by atoms with Gasteiger partial charge in [-0.15, -0.1) is 0 Å². The molecule has 14 heavy (non-hydrogen) atoms. The average molecular weight is 193 g/mol. The van der Waals surface area contributed by atoms with Gasteiger partial charge in [-0.05, 0) is 24.9 Å². The molecule has 1 aliphatic heterocycles. The molecule has 1 aliphatic rings. The van der Waals surface area contributed by atoms with Gasteiger partial charge in [0.25, 0.3) is 0 Å². The van der Waals surface area contributed by atoms with Crippen LogP contribution in [0.25, 0.3) is 0 Å². The molecule has 0 amide bonds. The molecule has 4 heteroatoms. The van der Waals surface area contributed by atoms with E-state index in [0.717, 1.165) is 24.9 Å². The van der Waals surface area contributed by atoms with Crippen LogP contribution in [0.3, 0.4) is 0 Å². The van der Waals surface area contributed by atoms with Gasteiger partial charge in [-0.1, -0.05) is 0 Å². The maximum atomic E-state index is 10.2. The Morgan fingerprint density at radius 2 is 2.21 bits per heavy atom. The summed E-state index contributed by atoms with van der Waals surface area (Å²) in [7, 11) is 0. The van der Waals surface area contributed by atoms with Gasteiger partial charge in [0, 0.05) is 25.4 Å². The largest absolute Gasteiger partial charge is 0.388 e. The molecule has 4 nitrogen and oxygen atoms in total. The van der Waals surface area contributed by atoms with E-state index in [0.29, 0.717) is 13.0 Å². The van der Waals surface area contributed by atoms with Crippen LogP contribution in [0.15, 0.2) is 18.7 Å². The van der Waals surface area contributed by atoms with Gasteiger partial charge in [0.05, 0.1) is 5.60 Å². The highest BCUT2D eigenvalue weighted by Crippen LogP contribution is 2.20. The number of piperidine rings is 1. The summed E-state index contributed by atoms with van der Waals surface area (Å²) in [6, 6.07) is 0. The number of nitrogens with one attached hydrogen (secondary N) is 1. The SMILES string of the molecule is OC1(Cc2cncnc2)CCCNC1. The first kappa shape index (κ1) is 9.55. The van der Waals surface area contributed by atoms with E-state index in [1.165, 1.54) is 6.33 Å². The molecular formula is C10H15N3O. The minimum atomic E-state index is -0.608. The second-order valence-corrected chi connectivity index (χ2v) is 3.93. The van der Waals surface area contributed by atoms with E-state index in [1.807, 2.05) is 0 Å². The van der Waals surface area contributed by atoms with Gasteiger partial charge < -0.3 is 10.4 Å². The van der Waals surface area contributed by atoms with Crippen molar-refractivity contribution >= 4 is 0 Å². The fourth-order valence-electron chi connectivity index (χ4n) is 1.90. The summed E-state index contributed by atoms with van der Waals surface area (Å²) in [5, 5.41) is 13.4. The molecule has 0 bridgehead atoms. The van der Waals surface area contributed by atoms with E-state index in [1.54, 1.807) is 12.4 Å². The third-order valence-electron chi connectivity index (χ3n) is 2.60. The molecule has 1 aromatic rings. The number of aromatic nitrogens is 2. The fraction of sp³-hybridized carbons (Fsp3) is 0.600. The molecule has 76 valence electrons. The minimum Gasteiger partial charge on any atom is -0.388 e. The van der Waals surface area contributed by atoms with E-state index in [-0.39, 0.29) is 0 Å². The minimum absolute atomic E-state index is 0.608. The Hall–Kier alpha value is -1.00. The summed E-state index contributed by atoms with van der Waals surface area (Å²) in [5.74, 6) is 0. The van der Waals surface area contributed by atoms with Gasteiger partial charge >= 0.3 is 0 Å². The van der Waals surface area contributed by atoms with Crippen molar-refractivity contribution < 1.29 is 5.11 Å². The normalized spacial score (nSPS) is 27.5. The highest BCUT2D eigenvalue weighted by atomic mass is 16.3. The quantitative estimate of drug-likeness (QED) is 0.701. The van der Waals surface area contributed by atoms with Crippen LogP contribution in [0, 0.1) is 0 Å². The predicted molar refractivity (Wildman–Crippen MR) is 52.8 cm³/mol. The standard InChI is InChI=1S/C10H15N3O/c14-10(2-1-3-11-7-10)4-9-5-12-8-13-6-9/h5-6,8,11,14H,1-4,7H2. The zero-order valence-electron chi connectivity index (χ0n) is 8.11. The summed E-state index contributed by atoms with van der Waals surface area (Å²) in [6.45, 7) is 1.68. The number of β-amino-alcohol motifs (C(OH)–C–C–N with tert-alkyl or cyclic N) is 1. The fourth-order valence-corrected chi connectivity index (χ4v) is 1.90. The van der Waals surface area contributed by atoms with Gasteiger partial charge in [0.15, 0.2) is 0 Å². The van der Waals surface area contributed by atoms with Crippen molar-refractivity contribution in [3.63, 3.8) is 0 Å². The van der Waals surface area contributed by atoms with E-state index >= 15 is 0 Å². The smallest absolute Gasteiger partial charge is 0.115 e. The molecular weight excluding hydrogens is 178 g/mol. The first-order valence-corrected chi connectivity index (χ1v) is 4.96. The van der Waals surface area contributed by atoms with Crippen molar-refractivity contribution in [3.8, 4) is 0 Å². The summed E-state index contributed by atoms with van der Waals surface area (Å²) in [6.07, 6.45) is 7.56. The number of hydrogen-bond acceptors (Lipinski definition) is 4. The summed E-state index contributed by atoms with van der Waals surface area (Å²) in [4.78, 5) is 7.88. The highest BCUT2D eigenvalue weighted by Gasteiger charge is 2.29. The van der Waals surface area contributed by atoms with Crippen LogP contribution in [-0.4, -0.2) is 33.8 Å². The van der Waals surface area contributed by atoms with Crippen LogP contribution in [0.1, 0.15) is 18.4 Å². The Kier molecular flexibility index (Phi) is 2.74. The first-order chi connectivity index (χ1) is 6.79. The molecule has 1 fully saturated rings. The zero-order valence-corrected chi connectivity index (χ0v) is 8.11. The summed E-state index contributed by atoms with van der Waals surface area (Å²) < 4.78 is 0. The highest BCUT2D eigenvalue weighted by molar-refractivity contribution is 5.08. The number of nitrogens with zero attached hydrogens (tertiary/aromatic N) is 2. The molecule has 2 N–H and O–H groups in total.